The summed E-state index contributed by atoms with van der Waals surface area (Å²) in [6.07, 6.45) is 3.54. The van der Waals surface area contributed by atoms with Crippen molar-refractivity contribution in [1.29, 1.82) is 0 Å². The molecule has 0 aliphatic heterocycles. The highest BCUT2D eigenvalue weighted by Gasteiger charge is 2.17. The Labute approximate surface area is 87.5 Å². The molecule has 2 rings (SSSR count). The van der Waals surface area contributed by atoms with Gasteiger partial charge in [-0.25, -0.2) is 0 Å². The Morgan fingerprint density at radius 2 is 2.23 bits per heavy atom. The van der Waals surface area contributed by atoms with Crippen LogP contribution in [0, 0.1) is 6.92 Å². The molecule has 13 heavy (non-hydrogen) atoms. The van der Waals surface area contributed by atoms with Crippen molar-refractivity contribution in [2.24, 2.45) is 5.73 Å². The van der Waals surface area contributed by atoms with E-state index in [4.69, 9.17) is 5.73 Å². The van der Waals surface area contributed by atoms with E-state index in [1.165, 1.54) is 34.0 Å². The summed E-state index contributed by atoms with van der Waals surface area (Å²) in [5, 5.41) is 0. The molecule has 0 amide bonds. The van der Waals surface area contributed by atoms with E-state index in [-0.39, 0.29) is 6.04 Å². The van der Waals surface area contributed by atoms with E-state index in [1.807, 2.05) is 0 Å². The lowest BCUT2D eigenvalue weighted by Crippen LogP contribution is -2.17. The van der Waals surface area contributed by atoms with Crippen molar-refractivity contribution in [2.75, 3.05) is 0 Å². The van der Waals surface area contributed by atoms with Crippen LogP contribution in [0.15, 0.2) is 16.6 Å². The quantitative estimate of drug-likeness (QED) is 0.740. The molecule has 2 heteroatoms. The second-order valence-electron chi connectivity index (χ2n) is 3.80. The van der Waals surface area contributed by atoms with Gasteiger partial charge in [-0.15, -0.1) is 0 Å². The molecule has 0 aromatic heterocycles. The first kappa shape index (κ1) is 9.22. The van der Waals surface area contributed by atoms with Crippen LogP contribution in [0.4, 0.5) is 0 Å². The van der Waals surface area contributed by atoms with Gasteiger partial charge >= 0.3 is 0 Å². The maximum absolute atomic E-state index is 6.05. The van der Waals surface area contributed by atoms with E-state index >= 15 is 0 Å². The molecule has 1 aliphatic carbocycles. The predicted molar refractivity (Wildman–Crippen MR) is 58.7 cm³/mol. The van der Waals surface area contributed by atoms with Crippen molar-refractivity contribution in [3.05, 3.63) is 33.3 Å². The SMILES string of the molecule is Cc1cc2c(cc1Br)CCC[C@@H]2N. The summed E-state index contributed by atoms with van der Waals surface area (Å²) in [4.78, 5) is 0. The van der Waals surface area contributed by atoms with Gasteiger partial charge in [0.2, 0.25) is 0 Å². The smallest absolute Gasteiger partial charge is 0.0297 e. The van der Waals surface area contributed by atoms with Crippen molar-refractivity contribution in [2.45, 2.75) is 32.2 Å². The zero-order valence-corrected chi connectivity index (χ0v) is 9.39. The summed E-state index contributed by atoms with van der Waals surface area (Å²) in [6, 6.07) is 4.71. The molecule has 1 atom stereocenters. The third-order valence-corrected chi connectivity index (χ3v) is 3.64. The molecule has 0 saturated heterocycles. The molecule has 1 aliphatic rings. The minimum atomic E-state index is 0.260. The maximum Gasteiger partial charge on any atom is 0.0297 e. The average molecular weight is 240 g/mol. The fourth-order valence-corrected chi connectivity index (χ4v) is 2.37. The number of halogens is 1. The number of nitrogens with two attached hydrogens (primary N) is 1. The van der Waals surface area contributed by atoms with Crippen LogP contribution in [0.2, 0.25) is 0 Å². The van der Waals surface area contributed by atoms with Crippen LogP contribution >= 0.6 is 15.9 Å². The van der Waals surface area contributed by atoms with Crippen LogP contribution in [0.3, 0.4) is 0 Å². The zero-order valence-electron chi connectivity index (χ0n) is 7.81. The molecule has 70 valence electrons. The normalized spacial score (nSPS) is 21.3. The van der Waals surface area contributed by atoms with Crippen LogP contribution in [-0.4, -0.2) is 0 Å². The number of rotatable bonds is 0. The van der Waals surface area contributed by atoms with E-state index in [9.17, 15) is 0 Å². The Morgan fingerprint density at radius 1 is 1.46 bits per heavy atom. The number of aryl methyl sites for hydroxylation is 2. The third kappa shape index (κ3) is 1.65. The molecule has 0 fully saturated rings. The lowest BCUT2D eigenvalue weighted by atomic mass is 9.87. The molecule has 0 radical (unpaired) electrons. The molecule has 0 saturated carbocycles. The molecule has 1 aromatic rings. The van der Waals surface area contributed by atoms with E-state index in [1.54, 1.807) is 0 Å². The molecule has 0 spiro atoms. The summed E-state index contributed by atoms with van der Waals surface area (Å²) in [7, 11) is 0. The van der Waals surface area contributed by atoms with Gasteiger partial charge in [0.05, 0.1) is 0 Å². The molecular formula is C11H14BrN. The zero-order chi connectivity index (χ0) is 9.42. The van der Waals surface area contributed by atoms with E-state index in [0.29, 0.717) is 0 Å². The summed E-state index contributed by atoms with van der Waals surface area (Å²) in [5.41, 5.74) is 10.1. The third-order valence-electron chi connectivity index (χ3n) is 2.78. The molecular weight excluding hydrogens is 226 g/mol. The second-order valence-corrected chi connectivity index (χ2v) is 4.65. The van der Waals surface area contributed by atoms with Crippen LogP contribution in [0.25, 0.3) is 0 Å². The summed E-state index contributed by atoms with van der Waals surface area (Å²) < 4.78 is 1.21. The fraction of sp³-hybridized carbons (Fsp3) is 0.455. The monoisotopic (exact) mass is 239 g/mol. The van der Waals surface area contributed by atoms with E-state index < -0.39 is 0 Å². The van der Waals surface area contributed by atoms with Crippen molar-refractivity contribution in [3.63, 3.8) is 0 Å². The summed E-state index contributed by atoms with van der Waals surface area (Å²) in [6.45, 7) is 2.12. The van der Waals surface area contributed by atoms with Gasteiger partial charge in [-0.3, -0.25) is 0 Å². The van der Waals surface area contributed by atoms with Crippen molar-refractivity contribution < 1.29 is 0 Å². The van der Waals surface area contributed by atoms with Gasteiger partial charge in [0.1, 0.15) is 0 Å². The molecule has 0 unspecified atom stereocenters. The van der Waals surface area contributed by atoms with E-state index in [2.05, 4.69) is 35.0 Å². The van der Waals surface area contributed by atoms with Gasteiger partial charge in [0, 0.05) is 10.5 Å². The van der Waals surface area contributed by atoms with Gasteiger partial charge in [-0.1, -0.05) is 22.0 Å². The summed E-state index contributed by atoms with van der Waals surface area (Å²) in [5.74, 6) is 0. The first-order chi connectivity index (χ1) is 6.18. The standard InChI is InChI=1S/C11H14BrN/c1-7-5-9-8(6-10(7)12)3-2-4-11(9)13/h5-6,11H,2-4,13H2,1H3/t11-/m0/s1. The maximum atomic E-state index is 6.05. The van der Waals surface area contributed by atoms with Crippen LogP contribution in [0.1, 0.15) is 35.6 Å². The highest BCUT2D eigenvalue weighted by Crippen LogP contribution is 2.31. The fourth-order valence-electron chi connectivity index (χ4n) is 1.97. The number of benzene rings is 1. The van der Waals surface area contributed by atoms with Crippen molar-refractivity contribution >= 4 is 15.9 Å². The lowest BCUT2D eigenvalue weighted by molar-refractivity contribution is 0.569. The van der Waals surface area contributed by atoms with Crippen LogP contribution in [0.5, 0.6) is 0 Å². The first-order valence-corrected chi connectivity index (χ1v) is 5.52. The summed E-state index contributed by atoms with van der Waals surface area (Å²) >= 11 is 3.55. The molecule has 1 nitrogen and oxygen atoms in total. The highest BCUT2D eigenvalue weighted by molar-refractivity contribution is 9.10. The minimum Gasteiger partial charge on any atom is -0.324 e. The van der Waals surface area contributed by atoms with Crippen molar-refractivity contribution in [1.82, 2.24) is 0 Å². The number of fused-ring (bicyclic) bond motifs is 1. The topological polar surface area (TPSA) is 26.0 Å². The van der Waals surface area contributed by atoms with Gasteiger partial charge < -0.3 is 5.73 Å². The van der Waals surface area contributed by atoms with Gasteiger partial charge in [0.15, 0.2) is 0 Å². The van der Waals surface area contributed by atoms with E-state index in [0.717, 1.165) is 6.42 Å². The molecule has 0 bridgehead atoms. The lowest BCUT2D eigenvalue weighted by Gasteiger charge is -2.23. The Hall–Kier alpha value is -0.340. The van der Waals surface area contributed by atoms with Gasteiger partial charge in [0.25, 0.3) is 0 Å². The second kappa shape index (κ2) is 3.43. The highest BCUT2D eigenvalue weighted by atomic mass is 79.9. The van der Waals surface area contributed by atoms with Gasteiger partial charge in [-0.2, -0.15) is 0 Å². The first-order valence-electron chi connectivity index (χ1n) is 4.73. The molecule has 1 aromatic carbocycles. The van der Waals surface area contributed by atoms with Gasteiger partial charge in [-0.05, 0) is 48.9 Å². The Morgan fingerprint density at radius 3 is 3.00 bits per heavy atom. The van der Waals surface area contributed by atoms with Crippen molar-refractivity contribution in [3.8, 4) is 0 Å². The Kier molecular flexibility index (Phi) is 2.43. The Balaban J connectivity index is 2.52. The Bertz CT molecular complexity index is 333. The number of hydrogen-bond donors (Lipinski definition) is 1. The molecule has 0 heterocycles. The average Bonchev–Trinajstić information content (AvgIpc) is 2.09. The largest absolute Gasteiger partial charge is 0.324 e. The predicted octanol–water partition coefficient (Wildman–Crippen LogP) is 3.09. The van der Waals surface area contributed by atoms with Crippen LogP contribution in [-0.2, 0) is 6.42 Å². The minimum absolute atomic E-state index is 0.260. The molecule has 2 N–H and O–H groups in total. The van der Waals surface area contributed by atoms with Crippen LogP contribution < -0.4 is 5.73 Å². The number of hydrogen-bond acceptors (Lipinski definition) is 1.